The first-order valence-corrected chi connectivity index (χ1v) is 30.6. The van der Waals surface area contributed by atoms with E-state index in [-0.39, 0.29) is 18.5 Å². The summed E-state index contributed by atoms with van der Waals surface area (Å²) in [6.07, 6.45) is 70.3. The second-order valence-corrected chi connectivity index (χ2v) is 21.0. The zero-order valence-electron chi connectivity index (χ0n) is 45.9. The van der Waals surface area contributed by atoms with Crippen LogP contribution in [0, 0.1) is 0 Å². The van der Waals surface area contributed by atoms with Crippen molar-refractivity contribution in [2.45, 2.75) is 347 Å². The maximum Gasteiger partial charge on any atom is 0.305 e. The molecule has 0 aliphatic rings. The molecule has 0 fully saturated rings. The number of aliphatic hydroxyl groups is 2. The van der Waals surface area contributed by atoms with Crippen LogP contribution in [-0.2, 0) is 14.3 Å². The summed E-state index contributed by atoms with van der Waals surface area (Å²) in [7, 11) is 0. The number of allylic oxidation sites excluding steroid dienone is 4. The smallest absolute Gasteiger partial charge is 0.305 e. The lowest BCUT2D eigenvalue weighted by atomic mass is 10.0. The van der Waals surface area contributed by atoms with Crippen LogP contribution in [0.15, 0.2) is 24.3 Å². The van der Waals surface area contributed by atoms with Crippen LogP contribution in [0.1, 0.15) is 335 Å². The summed E-state index contributed by atoms with van der Waals surface area (Å²) in [6.45, 7) is 4.89. The first-order chi connectivity index (χ1) is 33.5. The van der Waals surface area contributed by atoms with Crippen molar-refractivity contribution >= 4 is 11.9 Å². The molecule has 0 aliphatic heterocycles. The number of carbonyl (C=O) groups is 2. The molecule has 0 aromatic carbocycles. The highest BCUT2D eigenvalue weighted by Crippen LogP contribution is 2.18. The fourth-order valence-electron chi connectivity index (χ4n) is 9.55. The van der Waals surface area contributed by atoms with Crippen molar-refractivity contribution in [2.75, 3.05) is 13.2 Å². The summed E-state index contributed by atoms with van der Waals surface area (Å²) in [5.74, 6) is -0.0910. The van der Waals surface area contributed by atoms with Gasteiger partial charge in [-0.3, -0.25) is 9.59 Å². The van der Waals surface area contributed by atoms with Gasteiger partial charge < -0.3 is 20.3 Å². The Bertz CT molecular complexity index is 1060. The van der Waals surface area contributed by atoms with Gasteiger partial charge in [0.05, 0.1) is 25.4 Å². The van der Waals surface area contributed by atoms with Gasteiger partial charge >= 0.3 is 5.97 Å². The Morgan fingerprint density at radius 2 is 0.735 bits per heavy atom. The molecule has 2 atom stereocenters. The van der Waals surface area contributed by atoms with Gasteiger partial charge in [-0.15, -0.1) is 0 Å². The van der Waals surface area contributed by atoms with Crippen molar-refractivity contribution in [3.05, 3.63) is 24.3 Å². The van der Waals surface area contributed by atoms with Gasteiger partial charge in [-0.1, -0.05) is 289 Å². The highest BCUT2D eigenvalue weighted by molar-refractivity contribution is 5.76. The van der Waals surface area contributed by atoms with Crippen LogP contribution in [-0.4, -0.2) is 47.4 Å². The molecular weight excluding hydrogens is 839 g/mol. The average Bonchev–Trinajstić information content (AvgIpc) is 3.34. The standard InChI is InChI=1S/C62H119NO5/c1-3-5-7-9-11-13-15-17-19-21-22-23-24-25-26-27-28-30-31-33-35-38-42-46-50-54-60(65)59(58-64)63-61(66)55-51-47-43-39-37-41-45-49-53-57-68-62(67)56-52-48-44-40-36-34-32-29-20-18-16-14-12-10-8-6-4-2/h12,14,18,20,59-60,64-65H,3-11,13,15-17,19,21-58H2,1-2H3,(H,63,66)/b14-12-,20-18-. The predicted molar refractivity (Wildman–Crippen MR) is 296 cm³/mol. The van der Waals surface area contributed by atoms with E-state index >= 15 is 0 Å². The van der Waals surface area contributed by atoms with Gasteiger partial charge in [0.2, 0.25) is 5.91 Å². The van der Waals surface area contributed by atoms with Crippen LogP contribution in [0.5, 0.6) is 0 Å². The van der Waals surface area contributed by atoms with Crippen molar-refractivity contribution in [1.29, 1.82) is 0 Å². The number of esters is 1. The Hall–Kier alpha value is -1.66. The monoisotopic (exact) mass is 958 g/mol. The van der Waals surface area contributed by atoms with Crippen molar-refractivity contribution in [1.82, 2.24) is 5.32 Å². The molecule has 0 aromatic heterocycles. The van der Waals surface area contributed by atoms with Crippen LogP contribution in [0.2, 0.25) is 0 Å². The Morgan fingerprint density at radius 1 is 0.412 bits per heavy atom. The summed E-state index contributed by atoms with van der Waals surface area (Å²) in [4.78, 5) is 24.6. The van der Waals surface area contributed by atoms with E-state index in [0.29, 0.717) is 25.9 Å². The Balaban J connectivity index is 3.46. The maximum atomic E-state index is 12.5. The van der Waals surface area contributed by atoms with Crippen molar-refractivity contribution in [3.63, 3.8) is 0 Å². The minimum atomic E-state index is -0.684. The average molecular weight is 959 g/mol. The number of amides is 1. The van der Waals surface area contributed by atoms with E-state index in [2.05, 4.69) is 43.5 Å². The third kappa shape index (κ3) is 53.7. The molecule has 0 rings (SSSR count). The Morgan fingerprint density at radius 3 is 1.15 bits per heavy atom. The molecule has 402 valence electrons. The summed E-state index contributed by atoms with van der Waals surface area (Å²) in [5.41, 5.74) is 0. The third-order valence-electron chi connectivity index (χ3n) is 14.3. The zero-order chi connectivity index (χ0) is 49.3. The van der Waals surface area contributed by atoms with Gasteiger partial charge in [-0.2, -0.15) is 0 Å². The lowest BCUT2D eigenvalue weighted by molar-refractivity contribution is -0.143. The topological polar surface area (TPSA) is 95.9 Å². The molecule has 2 unspecified atom stereocenters. The molecule has 6 heteroatoms. The van der Waals surface area contributed by atoms with E-state index in [1.165, 1.54) is 238 Å². The number of nitrogens with one attached hydrogen (secondary N) is 1. The second-order valence-electron chi connectivity index (χ2n) is 21.0. The Kier molecular flexibility index (Phi) is 56.5. The molecule has 0 bridgehead atoms. The molecule has 0 saturated carbocycles. The van der Waals surface area contributed by atoms with Crippen LogP contribution < -0.4 is 5.32 Å². The number of ether oxygens (including phenoxy) is 1. The first kappa shape index (κ1) is 66.3. The minimum Gasteiger partial charge on any atom is -0.466 e. The quantitative estimate of drug-likeness (QED) is 0.0321. The second kappa shape index (κ2) is 57.9. The molecule has 0 radical (unpaired) electrons. The van der Waals surface area contributed by atoms with Gasteiger partial charge in [0.15, 0.2) is 0 Å². The lowest BCUT2D eigenvalue weighted by Crippen LogP contribution is -2.45. The van der Waals surface area contributed by atoms with E-state index in [0.717, 1.165) is 64.2 Å². The minimum absolute atomic E-state index is 0.0314. The van der Waals surface area contributed by atoms with E-state index in [4.69, 9.17) is 4.74 Å². The lowest BCUT2D eigenvalue weighted by Gasteiger charge is -2.22. The van der Waals surface area contributed by atoms with Crippen LogP contribution in [0.4, 0.5) is 0 Å². The summed E-state index contributed by atoms with van der Waals surface area (Å²) >= 11 is 0. The van der Waals surface area contributed by atoms with E-state index in [9.17, 15) is 19.8 Å². The molecule has 0 aromatic rings. The van der Waals surface area contributed by atoms with E-state index < -0.39 is 12.1 Å². The summed E-state index contributed by atoms with van der Waals surface area (Å²) in [6, 6.07) is -0.564. The number of aliphatic hydroxyl groups excluding tert-OH is 2. The Labute approximate surface area is 424 Å². The fraction of sp³-hybridized carbons (Fsp3) is 0.903. The SMILES string of the molecule is CCCCC/C=C\C/C=C\CCCCCCCCCC(=O)OCCCCCCCCCCCC(=O)NC(CO)C(O)CCCCCCCCCCCCCCCCCCCCCCCCCCC. The van der Waals surface area contributed by atoms with Gasteiger partial charge in [-0.05, 0) is 57.8 Å². The molecule has 68 heavy (non-hydrogen) atoms. The number of carbonyl (C=O) groups excluding carboxylic acids is 2. The highest BCUT2D eigenvalue weighted by Gasteiger charge is 2.20. The van der Waals surface area contributed by atoms with Crippen molar-refractivity contribution in [3.8, 4) is 0 Å². The number of hydrogen-bond acceptors (Lipinski definition) is 5. The number of rotatable bonds is 57. The van der Waals surface area contributed by atoms with Gasteiger partial charge in [0.1, 0.15) is 0 Å². The molecule has 6 nitrogen and oxygen atoms in total. The van der Waals surface area contributed by atoms with Gasteiger partial charge in [-0.25, -0.2) is 0 Å². The summed E-state index contributed by atoms with van der Waals surface area (Å²) in [5, 5.41) is 23.4. The van der Waals surface area contributed by atoms with Crippen LogP contribution in [0.25, 0.3) is 0 Å². The first-order valence-electron chi connectivity index (χ1n) is 30.6. The van der Waals surface area contributed by atoms with Crippen molar-refractivity contribution in [2.24, 2.45) is 0 Å². The van der Waals surface area contributed by atoms with Gasteiger partial charge in [0.25, 0.3) is 0 Å². The molecule has 0 heterocycles. The summed E-state index contributed by atoms with van der Waals surface area (Å²) < 4.78 is 5.47. The maximum absolute atomic E-state index is 12.5. The number of unbranched alkanes of at least 4 members (excludes halogenated alkanes) is 42. The predicted octanol–water partition coefficient (Wildman–Crippen LogP) is 19.0. The van der Waals surface area contributed by atoms with E-state index in [1.807, 2.05) is 0 Å². The molecule has 0 saturated heterocycles. The molecule has 0 spiro atoms. The highest BCUT2D eigenvalue weighted by atomic mass is 16.5. The van der Waals surface area contributed by atoms with Crippen LogP contribution >= 0.6 is 0 Å². The molecule has 3 N–H and O–H groups in total. The molecular formula is C62H119NO5. The molecule has 0 aliphatic carbocycles. The fourth-order valence-corrected chi connectivity index (χ4v) is 9.55. The van der Waals surface area contributed by atoms with Gasteiger partial charge in [0, 0.05) is 12.8 Å². The van der Waals surface area contributed by atoms with E-state index in [1.54, 1.807) is 0 Å². The van der Waals surface area contributed by atoms with Crippen molar-refractivity contribution < 1.29 is 24.5 Å². The third-order valence-corrected chi connectivity index (χ3v) is 14.3. The van der Waals surface area contributed by atoms with Crippen LogP contribution in [0.3, 0.4) is 0 Å². The largest absolute Gasteiger partial charge is 0.466 e. The number of hydrogen-bond donors (Lipinski definition) is 3. The zero-order valence-corrected chi connectivity index (χ0v) is 45.9. The molecule has 1 amide bonds. The normalized spacial score (nSPS) is 12.7.